The van der Waals surface area contributed by atoms with Crippen molar-refractivity contribution in [2.75, 3.05) is 13.2 Å². The summed E-state index contributed by atoms with van der Waals surface area (Å²) in [6.07, 6.45) is 5.43. The second-order valence-corrected chi connectivity index (χ2v) is 7.59. The first-order valence-corrected chi connectivity index (χ1v) is 10.5. The molecular formula is C25H27N3O2. The highest BCUT2D eigenvalue weighted by Gasteiger charge is 2.28. The fourth-order valence-corrected chi connectivity index (χ4v) is 4.05. The van der Waals surface area contributed by atoms with Crippen LogP contribution in [0.2, 0.25) is 0 Å². The quantitative estimate of drug-likeness (QED) is 0.633. The number of carbonyl (C=O) groups is 1. The minimum atomic E-state index is -0.225. The van der Waals surface area contributed by atoms with E-state index in [9.17, 15) is 4.79 Å². The Balaban J connectivity index is 1.55. The molecule has 3 aromatic rings. The van der Waals surface area contributed by atoms with Crippen LogP contribution in [0.5, 0.6) is 0 Å². The van der Waals surface area contributed by atoms with Crippen LogP contribution < -0.4 is 10.6 Å². The Bertz CT molecular complexity index is 873. The van der Waals surface area contributed by atoms with E-state index in [4.69, 9.17) is 4.74 Å². The second kappa shape index (κ2) is 10.0. The summed E-state index contributed by atoms with van der Waals surface area (Å²) in [5.41, 5.74) is 3.11. The Morgan fingerprint density at radius 1 is 0.833 bits per heavy atom. The van der Waals surface area contributed by atoms with Crippen molar-refractivity contribution in [3.8, 4) is 0 Å². The van der Waals surface area contributed by atoms with Gasteiger partial charge >= 0.3 is 6.03 Å². The van der Waals surface area contributed by atoms with E-state index in [2.05, 4.69) is 15.6 Å². The van der Waals surface area contributed by atoms with E-state index in [0.717, 1.165) is 42.7 Å². The lowest BCUT2D eigenvalue weighted by molar-refractivity contribution is 0.0547. The average molecular weight is 402 g/mol. The molecule has 5 nitrogen and oxygen atoms in total. The molecule has 0 bridgehead atoms. The van der Waals surface area contributed by atoms with Gasteiger partial charge in [-0.05, 0) is 41.5 Å². The lowest BCUT2D eigenvalue weighted by atomic mass is 9.88. The van der Waals surface area contributed by atoms with Crippen molar-refractivity contribution in [1.82, 2.24) is 15.6 Å². The predicted octanol–water partition coefficient (Wildman–Crippen LogP) is 4.64. The Morgan fingerprint density at radius 3 is 2.00 bits per heavy atom. The van der Waals surface area contributed by atoms with Gasteiger partial charge in [0.05, 0.1) is 12.1 Å². The maximum atomic E-state index is 13.2. The number of amides is 2. The van der Waals surface area contributed by atoms with Gasteiger partial charge in [-0.2, -0.15) is 0 Å². The molecule has 1 aliphatic rings. The smallest absolute Gasteiger partial charge is 0.316 e. The van der Waals surface area contributed by atoms with Crippen LogP contribution in [0.1, 0.15) is 41.6 Å². The molecule has 1 aromatic heterocycles. The normalized spacial score (nSPS) is 15.5. The summed E-state index contributed by atoms with van der Waals surface area (Å²) in [7, 11) is 0. The third-order valence-electron chi connectivity index (χ3n) is 5.61. The third-order valence-corrected chi connectivity index (χ3v) is 5.61. The van der Waals surface area contributed by atoms with Crippen molar-refractivity contribution < 1.29 is 9.53 Å². The summed E-state index contributed by atoms with van der Waals surface area (Å²) in [6, 6.07) is 23.5. The molecule has 1 atom stereocenters. The first kappa shape index (κ1) is 20.1. The van der Waals surface area contributed by atoms with Gasteiger partial charge in [0.15, 0.2) is 0 Å². The number of ether oxygens (including phenoxy) is 1. The van der Waals surface area contributed by atoms with Crippen LogP contribution in [0, 0.1) is 5.92 Å². The molecule has 2 amide bonds. The van der Waals surface area contributed by atoms with Gasteiger partial charge in [0.25, 0.3) is 0 Å². The van der Waals surface area contributed by atoms with E-state index in [0.29, 0.717) is 5.92 Å². The minimum Gasteiger partial charge on any atom is -0.381 e. The zero-order chi connectivity index (χ0) is 20.6. The van der Waals surface area contributed by atoms with Gasteiger partial charge in [-0.25, -0.2) is 4.79 Å². The molecule has 154 valence electrons. The zero-order valence-corrected chi connectivity index (χ0v) is 16.9. The Labute approximate surface area is 177 Å². The molecule has 0 spiro atoms. The minimum absolute atomic E-state index is 0.102. The van der Waals surface area contributed by atoms with Gasteiger partial charge < -0.3 is 15.4 Å². The van der Waals surface area contributed by atoms with Gasteiger partial charge in [-0.15, -0.1) is 0 Å². The van der Waals surface area contributed by atoms with Gasteiger partial charge in [0.2, 0.25) is 0 Å². The lowest BCUT2D eigenvalue weighted by Gasteiger charge is -2.32. The average Bonchev–Trinajstić information content (AvgIpc) is 2.83. The van der Waals surface area contributed by atoms with Crippen LogP contribution in [0.3, 0.4) is 0 Å². The van der Waals surface area contributed by atoms with Crippen molar-refractivity contribution in [1.29, 1.82) is 0 Å². The highest BCUT2D eigenvalue weighted by atomic mass is 16.5. The fraction of sp³-hybridized carbons (Fsp3) is 0.280. The number of benzene rings is 2. The van der Waals surface area contributed by atoms with Crippen molar-refractivity contribution in [3.63, 3.8) is 0 Å². The summed E-state index contributed by atoms with van der Waals surface area (Å²) in [5, 5.41) is 6.41. The largest absolute Gasteiger partial charge is 0.381 e. The van der Waals surface area contributed by atoms with Gasteiger partial charge in [-0.3, -0.25) is 4.98 Å². The Kier molecular flexibility index (Phi) is 6.72. The predicted molar refractivity (Wildman–Crippen MR) is 117 cm³/mol. The molecule has 0 aliphatic carbocycles. The van der Waals surface area contributed by atoms with Crippen molar-refractivity contribution in [3.05, 3.63) is 102 Å². The summed E-state index contributed by atoms with van der Waals surface area (Å²) >= 11 is 0. The molecule has 0 radical (unpaired) electrons. The molecule has 1 unspecified atom stereocenters. The van der Waals surface area contributed by atoms with E-state index >= 15 is 0 Å². The maximum Gasteiger partial charge on any atom is 0.316 e. The van der Waals surface area contributed by atoms with Crippen molar-refractivity contribution in [2.45, 2.75) is 24.9 Å². The van der Waals surface area contributed by atoms with Gasteiger partial charge in [0, 0.05) is 25.6 Å². The molecule has 2 aromatic carbocycles. The van der Waals surface area contributed by atoms with Gasteiger partial charge in [0.1, 0.15) is 0 Å². The first-order chi connectivity index (χ1) is 14.8. The van der Waals surface area contributed by atoms with Gasteiger partial charge in [-0.1, -0.05) is 66.7 Å². The number of pyridine rings is 1. The number of urea groups is 1. The second-order valence-electron chi connectivity index (χ2n) is 7.59. The highest BCUT2D eigenvalue weighted by molar-refractivity contribution is 5.75. The molecule has 0 saturated carbocycles. The number of hydrogen-bond acceptors (Lipinski definition) is 3. The molecule has 4 rings (SSSR count). The van der Waals surface area contributed by atoms with E-state index in [1.54, 1.807) is 6.20 Å². The van der Waals surface area contributed by atoms with Crippen molar-refractivity contribution in [2.24, 2.45) is 5.92 Å². The summed E-state index contributed by atoms with van der Waals surface area (Å²) in [6.45, 7) is 1.45. The summed E-state index contributed by atoms with van der Waals surface area (Å²) in [4.78, 5) is 17.4. The number of nitrogens with zero attached hydrogens (tertiary/aromatic N) is 1. The number of hydrogen-bond donors (Lipinski definition) is 2. The van der Waals surface area contributed by atoms with Crippen LogP contribution in [0.25, 0.3) is 0 Å². The Hall–Kier alpha value is -3.18. The SMILES string of the molecule is O=C(NC(c1ccccc1)c1ccccc1)NC(c1cccnc1)C1CCOCC1. The van der Waals surface area contributed by atoms with Crippen LogP contribution >= 0.6 is 0 Å². The summed E-state index contributed by atoms with van der Waals surface area (Å²) in [5.74, 6) is 0.320. The van der Waals surface area contributed by atoms with E-state index in [-0.39, 0.29) is 18.1 Å². The van der Waals surface area contributed by atoms with Crippen LogP contribution in [0.15, 0.2) is 85.2 Å². The monoisotopic (exact) mass is 401 g/mol. The number of rotatable bonds is 6. The molecule has 30 heavy (non-hydrogen) atoms. The molecule has 2 heterocycles. The molecule has 1 aliphatic heterocycles. The molecular weight excluding hydrogens is 374 g/mol. The molecule has 1 fully saturated rings. The molecule has 2 N–H and O–H groups in total. The summed E-state index contributed by atoms with van der Waals surface area (Å²) < 4.78 is 5.53. The fourth-order valence-electron chi connectivity index (χ4n) is 4.05. The van der Waals surface area contributed by atoms with Crippen LogP contribution in [0.4, 0.5) is 4.79 Å². The van der Waals surface area contributed by atoms with Crippen LogP contribution in [-0.2, 0) is 4.74 Å². The lowest BCUT2D eigenvalue weighted by Crippen LogP contribution is -2.43. The zero-order valence-electron chi connectivity index (χ0n) is 16.9. The number of nitrogens with one attached hydrogen (secondary N) is 2. The molecule has 1 saturated heterocycles. The number of carbonyl (C=O) groups excluding carboxylic acids is 1. The third kappa shape index (κ3) is 5.05. The van der Waals surface area contributed by atoms with Crippen LogP contribution in [-0.4, -0.2) is 24.2 Å². The van der Waals surface area contributed by atoms with E-state index in [1.165, 1.54) is 0 Å². The topological polar surface area (TPSA) is 63.2 Å². The van der Waals surface area contributed by atoms with E-state index < -0.39 is 0 Å². The highest BCUT2D eigenvalue weighted by Crippen LogP contribution is 2.30. The first-order valence-electron chi connectivity index (χ1n) is 10.5. The maximum absolute atomic E-state index is 13.2. The molecule has 5 heteroatoms. The van der Waals surface area contributed by atoms with Crippen molar-refractivity contribution >= 4 is 6.03 Å². The van der Waals surface area contributed by atoms with E-state index in [1.807, 2.05) is 79.0 Å². The standard InChI is InChI=1S/C25H27N3O2/c29-25(27-23(19-8-3-1-4-9-19)20-10-5-2-6-11-20)28-24(21-13-16-30-17-14-21)22-12-7-15-26-18-22/h1-12,15,18,21,23-24H,13-14,16-17H2,(H2,27,28,29). The Morgan fingerprint density at radius 2 is 1.43 bits per heavy atom. The number of aromatic nitrogens is 1.